The number of phenolic OH excluding ortho intramolecular Hbond substituents is 1. The first-order valence-electron chi connectivity index (χ1n) is 8.14. The van der Waals surface area contributed by atoms with E-state index in [4.69, 9.17) is 17.0 Å². The van der Waals surface area contributed by atoms with Gasteiger partial charge in [-0.2, -0.15) is 0 Å². The summed E-state index contributed by atoms with van der Waals surface area (Å²) < 4.78 is 6.76. The predicted molar refractivity (Wildman–Crippen MR) is 122 cm³/mol. The Morgan fingerprint density at radius 3 is 2.79 bits per heavy atom. The van der Waals surface area contributed by atoms with Crippen LogP contribution in [0.1, 0.15) is 12.5 Å². The summed E-state index contributed by atoms with van der Waals surface area (Å²) in [6, 6.07) is 10.2. The fourth-order valence-electron chi connectivity index (χ4n) is 2.62. The molecule has 1 saturated heterocycles. The number of nitrogens with zero attached hydrogens (tertiary/aromatic N) is 1. The summed E-state index contributed by atoms with van der Waals surface area (Å²) in [4.78, 5) is 26.7. The molecule has 2 aromatic rings. The summed E-state index contributed by atoms with van der Waals surface area (Å²) in [5.41, 5.74) is 0.674. The standard InChI is InChI=1S/C19H14BrIN2O4S/c1-2-27-13-5-3-4-12(9-13)23-18(26)14(17(25)22-19(23)28)7-10-6-11(20)8-15(21)16(10)24/h3-9,24H,2H2,1H3,(H,22,25,28)/b14-7-. The van der Waals surface area contributed by atoms with E-state index >= 15 is 0 Å². The van der Waals surface area contributed by atoms with Gasteiger partial charge in [0.25, 0.3) is 11.8 Å². The number of hydrogen-bond acceptors (Lipinski definition) is 5. The molecule has 1 fully saturated rings. The molecule has 3 rings (SSSR count). The number of amides is 2. The second-order valence-electron chi connectivity index (χ2n) is 5.71. The number of benzene rings is 2. The molecule has 2 N–H and O–H groups in total. The molecular weight excluding hydrogens is 559 g/mol. The van der Waals surface area contributed by atoms with Crippen molar-refractivity contribution in [2.45, 2.75) is 6.92 Å². The van der Waals surface area contributed by atoms with Gasteiger partial charge in [-0.25, -0.2) is 0 Å². The first-order valence-corrected chi connectivity index (χ1v) is 10.4. The van der Waals surface area contributed by atoms with Crippen molar-refractivity contribution in [3.63, 3.8) is 0 Å². The minimum Gasteiger partial charge on any atom is -0.506 e. The molecule has 9 heteroatoms. The molecule has 2 aromatic carbocycles. The lowest BCUT2D eigenvalue weighted by Gasteiger charge is -2.29. The number of carbonyl (C=O) groups excluding carboxylic acids is 2. The Morgan fingerprint density at radius 1 is 1.32 bits per heavy atom. The first-order chi connectivity index (χ1) is 13.3. The number of hydrogen-bond donors (Lipinski definition) is 2. The maximum absolute atomic E-state index is 13.1. The summed E-state index contributed by atoms with van der Waals surface area (Å²) in [7, 11) is 0. The third-order valence-corrected chi connectivity index (χ3v) is 5.41. The average molecular weight is 573 g/mol. The highest BCUT2D eigenvalue weighted by Crippen LogP contribution is 2.32. The molecule has 0 unspecified atom stereocenters. The van der Waals surface area contributed by atoms with E-state index in [0.29, 0.717) is 31.7 Å². The second-order valence-corrected chi connectivity index (χ2v) is 8.18. The molecule has 144 valence electrons. The van der Waals surface area contributed by atoms with Gasteiger partial charge in [0.2, 0.25) is 0 Å². The van der Waals surface area contributed by atoms with Gasteiger partial charge in [-0.3, -0.25) is 19.8 Å². The van der Waals surface area contributed by atoms with Gasteiger partial charge in [0.1, 0.15) is 17.1 Å². The number of thiocarbonyl (C=S) groups is 1. The highest BCUT2D eigenvalue weighted by molar-refractivity contribution is 14.1. The largest absolute Gasteiger partial charge is 0.506 e. The highest BCUT2D eigenvalue weighted by atomic mass is 127. The monoisotopic (exact) mass is 572 g/mol. The van der Waals surface area contributed by atoms with Gasteiger partial charge in [-0.15, -0.1) is 0 Å². The highest BCUT2D eigenvalue weighted by Gasteiger charge is 2.34. The van der Waals surface area contributed by atoms with Gasteiger partial charge in [-0.1, -0.05) is 22.0 Å². The first kappa shape index (κ1) is 20.7. The number of nitrogens with one attached hydrogen (secondary N) is 1. The van der Waals surface area contributed by atoms with Gasteiger partial charge in [0, 0.05) is 16.1 Å². The normalized spacial score (nSPS) is 15.8. The van der Waals surface area contributed by atoms with Crippen LogP contribution in [0, 0.1) is 3.57 Å². The van der Waals surface area contributed by atoms with Crippen molar-refractivity contribution in [2.75, 3.05) is 11.5 Å². The molecule has 1 aliphatic rings. The minimum atomic E-state index is -0.624. The molecule has 0 spiro atoms. The molecule has 2 amide bonds. The van der Waals surface area contributed by atoms with Crippen LogP contribution in [0.3, 0.4) is 0 Å². The van der Waals surface area contributed by atoms with Crippen LogP contribution in [0.25, 0.3) is 6.08 Å². The molecule has 6 nitrogen and oxygen atoms in total. The summed E-state index contributed by atoms with van der Waals surface area (Å²) in [6.07, 6.45) is 1.35. The summed E-state index contributed by atoms with van der Waals surface area (Å²) in [5, 5.41) is 12.8. The van der Waals surface area contributed by atoms with Crippen molar-refractivity contribution in [1.29, 1.82) is 0 Å². The third kappa shape index (κ3) is 4.20. The fourth-order valence-corrected chi connectivity index (χ4v) is 4.45. The molecule has 0 radical (unpaired) electrons. The van der Waals surface area contributed by atoms with Gasteiger partial charge in [0.05, 0.1) is 15.9 Å². The molecule has 28 heavy (non-hydrogen) atoms. The lowest BCUT2D eigenvalue weighted by molar-refractivity contribution is -0.122. The number of aromatic hydroxyl groups is 1. The van der Waals surface area contributed by atoms with Crippen LogP contribution >= 0.6 is 50.7 Å². The summed E-state index contributed by atoms with van der Waals surface area (Å²) in [6.45, 7) is 2.33. The minimum absolute atomic E-state index is 0.0186. The Kier molecular flexibility index (Phi) is 6.36. The van der Waals surface area contributed by atoms with Crippen molar-refractivity contribution in [1.82, 2.24) is 5.32 Å². The molecule has 1 aliphatic heterocycles. The van der Waals surface area contributed by atoms with Gasteiger partial charge < -0.3 is 9.84 Å². The third-order valence-electron chi connectivity index (χ3n) is 3.85. The Hall–Kier alpha value is -1.98. The van der Waals surface area contributed by atoms with Crippen LogP contribution in [0.15, 0.2) is 46.4 Å². The van der Waals surface area contributed by atoms with E-state index in [9.17, 15) is 14.7 Å². The van der Waals surface area contributed by atoms with E-state index in [-0.39, 0.29) is 16.4 Å². The number of halogens is 2. The predicted octanol–water partition coefficient (Wildman–Crippen LogP) is 3.99. The molecule has 0 aliphatic carbocycles. The Labute approximate surface area is 188 Å². The molecule has 0 bridgehead atoms. The van der Waals surface area contributed by atoms with Crippen LogP contribution < -0.4 is 15.0 Å². The average Bonchev–Trinajstić information content (AvgIpc) is 2.63. The van der Waals surface area contributed by atoms with Crippen LogP contribution in [0.2, 0.25) is 0 Å². The van der Waals surface area contributed by atoms with E-state index in [1.54, 1.807) is 36.4 Å². The molecule has 1 heterocycles. The van der Waals surface area contributed by atoms with Crippen molar-refractivity contribution in [2.24, 2.45) is 0 Å². The lowest BCUT2D eigenvalue weighted by Crippen LogP contribution is -2.54. The number of rotatable bonds is 4. The van der Waals surface area contributed by atoms with E-state index in [2.05, 4.69) is 21.2 Å². The zero-order valence-corrected chi connectivity index (χ0v) is 19.1. The SMILES string of the molecule is CCOc1cccc(N2C(=O)/C(=C\c3cc(Br)cc(I)c3O)C(=O)NC2=S)c1. The van der Waals surface area contributed by atoms with Crippen LogP contribution in [-0.2, 0) is 9.59 Å². The van der Waals surface area contributed by atoms with Gasteiger partial charge in [0.15, 0.2) is 5.11 Å². The number of anilines is 1. The topological polar surface area (TPSA) is 78.9 Å². The van der Waals surface area contributed by atoms with Gasteiger partial charge >= 0.3 is 0 Å². The zero-order chi connectivity index (χ0) is 20.4. The second kappa shape index (κ2) is 8.58. The Morgan fingerprint density at radius 2 is 2.07 bits per heavy atom. The van der Waals surface area contributed by atoms with Crippen LogP contribution in [0.4, 0.5) is 5.69 Å². The number of phenols is 1. The quantitative estimate of drug-likeness (QED) is 0.251. The van der Waals surface area contributed by atoms with Crippen LogP contribution in [-0.4, -0.2) is 28.6 Å². The van der Waals surface area contributed by atoms with Crippen LogP contribution in [0.5, 0.6) is 11.5 Å². The van der Waals surface area contributed by atoms with E-state index < -0.39 is 11.8 Å². The molecule has 0 aromatic heterocycles. The van der Waals surface area contributed by atoms with Crippen molar-refractivity contribution >= 4 is 79.4 Å². The van der Waals surface area contributed by atoms with Crippen molar-refractivity contribution in [3.8, 4) is 11.5 Å². The van der Waals surface area contributed by atoms with E-state index in [1.807, 2.05) is 29.5 Å². The summed E-state index contributed by atoms with van der Waals surface area (Å²) >= 11 is 10.5. The van der Waals surface area contributed by atoms with E-state index in [1.165, 1.54) is 11.0 Å². The Balaban J connectivity index is 2.05. The zero-order valence-electron chi connectivity index (χ0n) is 14.5. The fraction of sp³-hybridized carbons (Fsp3) is 0.105. The lowest BCUT2D eigenvalue weighted by atomic mass is 10.1. The molecular formula is C19H14BrIN2O4S. The number of carbonyl (C=O) groups is 2. The van der Waals surface area contributed by atoms with Crippen molar-refractivity contribution < 1.29 is 19.4 Å². The van der Waals surface area contributed by atoms with Gasteiger partial charge in [-0.05, 0) is 72.1 Å². The Bertz CT molecular complexity index is 1020. The van der Waals surface area contributed by atoms with Crippen molar-refractivity contribution in [3.05, 3.63) is 55.6 Å². The molecule has 0 saturated carbocycles. The maximum atomic E-state index is 13.1. The smallest absolute Gasteiger partial charge is 0.270 e. The maximum Gasteiger partial charge on any atom is 0.270 e. The molecule has 0 atom stereocenters. The summed E-state index contributed by atoms with van der Waals surface area (Å²) in [5.74, 6) is -0.648. The van der Waals surface area contributed by atoms with E-state index in [0.717, 1.165) is 0 Å². The number of ether oxygens (including phenoxy) is 1.